The molecule has 0 spiro atoms. The molecule has 0 saturated heterocycles. The van der Waals surface area contributed by atoms with Crippen LogP contribution in [0.3, 0.4) is 0 Å². The SMILES string of the molecule is Fc1ncc(-c2cccc(C(F)(F)F)c2)cc1Cl. The van der Waals surface area contributed by atoms with Crippen LogP contribution in [0.1, 0.15) is 5.56 Å². The number of hydrogen-bond donors (Lipinski definition) is 0. The maximum absolute atomic E-state index is 12.9. The van der Waals surface area contributed by atoms with Gasteiger partial charge >= 0.3 is 6.18 Å². The minimum Gasteiger partial charge on any atom is -0.226 e. The van der Waals surface area contributed by atoms with E-state index in [-0.39, 0.29) is 10.6 Å². The lowest BCUT2D eigenvalue weighted by molar-refractivity contribution is -0.137. The van der Waals surface area contributed by atoms with E-state index >= 15 is 0 Å². The highest BCUT2D eigenvalue weighted by Gasteiger charge is 2.30. The molecule has 0 aliphatic rings. The Balaban J connectivity index is 2.48. The summed E-state index contributed by atoms with van der Waals surface area (Å²) >= 11 is 5.53. The normalized spacial score (nSPS) is 11.6. The Morgan fingerprint density at radius 1 is 1.06 bits per heavy atom. The number of pyridine rings is 1. The first-order valence-electron chi connectivity index (χ1n) is 4.86. The summed E-state index contributed by atoms with van der Waals surface area (Å²) in [4.78, 5) is 3.37. The number of rotatable bonds is 1. The molecule has 0 aliphatic carbocycles. The van der Waals surface area contributed by atoms with Crippen LogP contribution in [0.2, 0.25) is 5.02 Å². The van der Waals surface area contributed by atoms with Gasteiger partial charge in [0, 0.05) is 11.8 Å². The van der Waals surface area contributed by atoms with Gasteiger partial charge in [0.05, 0.1) is 10.6 Å². The van der Waals surface area contributed by atoms with Crippen molar-refractivity contribution in [3.8, 4) is 11.1 Å². The molecule has 0 unspecified atom stereocenters. The van der Waals surface area contributed by atoms with Crippen LogP contribution in [0.15, 0.2) is 36.5 Å². The van der Waals surface area contributed by atoms with Crippen molar-refractivity contribution in [2.75, 3.05) is 0 Å². The van der Waals surface area contributed by atoms with Gasteiger partial charge in [0.25, 0.3) is 0 Å². The molecule has 94 valence electrons. The third-order valence-electron chi connectivity index (χ3n) is 2.32. The Bertz CT molecular complexity index is 581. The zero-order valence-corrected chi connectivity index (χ0v) is 9.56. The summed E-state index contributed by atoms with van der Waals surface area (Å²) in [5.41, 5.74) is -0.174. The van der Waals surface area contributed by atoms with E-state index in [9.17, 15) is 17.6 Å². The molecule has 18 heavy (non-hydrogen) atoms. The molecule has 1 heterocycles. The number of benzene rings is 1. The molecule has 0 N–H and O–H groups in total. The summed E-state index contributed by atoms with van der Waals surface area (Å²) in [5.74, 6) is -0.854. The molecule has 0 atom stereocenters. The molecule has 0 aliphatic heterocycles. The highest BCUT2D eigenvalue weighted by Crippen LogP contribution is 2.32. The Labute approximate surface area is 105 Å². The fourth-order valence-electron chi connectivity index (χ4n) is 1.45. The maximum atomic E-state index is 12.9. The molecular formula is C12H6ClF4N. The van der Waals surface area contributed by atoms with Crippen molar-refractivity contribution in [1.82, 2.24) is 4.98 Å². The van der Waals surface area contributed by atoms with Crippen LogP contribution >= 0.6 is 11.6 Å². The Kier molecular flexibility index (Phi) is 3.26. The van der Waals surface area contributed by atoms with Gasteiger partial charge in [0.15, 0.2) is 0 Å². The van der Waals surface area contributed by atoms with Crippen molar-refractivity contribution in [2.45, 2.75) is 6.18 Å². The van der Waals surface area contributed by atoms with Crippen molar-refractivity contribution >= 4 is 11.6 Å². The third kappa shape index (κ3) is 2.61. The average molecular weight is 276 g/mol. The monoisotopic (exact) mass is 275 g/mol. The predicted octanol–water partition coefficient (Wildman–Crippen LogP) is 4.56. The molecule has 6 heteroatoms. The fourth-order valence-corrected chi connectivity index (χ4v) is 1.62. The standard InChI is InChI=1S/C12H6ClF4N/c13-10-5-8(6-18-11(10)14)7-2-1-3-9(4-7)12(15,16)17/h1-6H. The molecule has 2 rings (SSSR count). The quantitative estimate of drug-likeness (QED) is 0.549. The summed E-state index contributed by atoms with van der Waals surface area (Å²) in [5, 5.41) is -0.232. The van der Waals surface area contributed by atoms with Gasteiger partial charge in [-0.1, -0.05) is 23.7 Å². The number of nitrogens with zero attached hydrogens (tertiary/aromatic N) is 1. The van der Waals surface area contributed by atoms with Gasteiger partial charge in [0.1, 0.15) is 0 Å². The Morgan fingerprint density at radius 2 is 1.78 bits per heavy atom. The summed E-state index contributed by atoms with van der Waals surface area (Å²) in [6.45, 7) is 0. The summed E-state index contributed by atoms with van der Waals surface area (Å²) < 4.78 is 50.4. The van der Waals surface area contributed by atoms with Crippen molar-refractivity contribution in [2.24, 2.45) is 0 Å². The lowest BCUT2D eigenvalue weighted by Crippen LogP contribution is -2.04. The van der Waals surface area contributed by atoms with E-state index < -0.39 is 17.7 Å². The predicted molar refractivity (Wildman–Crippen MR) is 59.6 cm³/mol. The molecular weight excluding hydrogens is 270 g/mol. The van der Waals surface area contributed by atoms with Gasteiger partial charge in [-0.3, -0.25) is 0 Å². The molecule has 0 bridgehead atoms. The van der Waals surface area contributed by atoms with Crippen LogP contribution in [-0.2, 0) is 6.18 Å². The first kappa shape index (κ1) is 12.8. The average Bonchev–Trinajstić information content (AvgIpc) is 2.32. The molecule has 0 saturated carbocycles. The maximum Gasteiger partial charge on any atom is 0.416 e. The lowest BCUT2D eigenvalue weighted by Gasteiger charge is -2.08. The summed E-state index contributed by atoms with van der Waals surface area (Å²) in [6, 6.07) is 5.91. The molecule has 0 radical (unpaired) electrons. The van der Waals surface area contributed by atoms with Crippen LogP contribution in [0, 0.1) is 5.95 Å². The van der Waals surface area contributed by atoms with Gasteiger partial charge in [-0.15, -0.1) is 0 Å². The van der Waals surface area contributed by atoms with Gasteiger partial charge in [-0.2, -0.15) is 17.6 Å². The first-order chi connectivity index (χ1) is 8.38. The zero-order valence-electron chi connectivity index (χ0n) is 8.80. The second-order valence-corrected chi connectivity index (χ2v) is 3.98. The minimum atomic E-state index is -4.42. The van der Waals surface area contributed by atoms with Crippen molar-refractivity contribution in [1.29, 1.82) is 0 Å². The smallest absolute Gasteiger partial charge is 0.226 e. The first-order valence-corrected chi connectivity index (χ1v) is 5.24. The van der Waals surface area contributed by atoms with E-state index in [1.54, 1.807) is 0 Å². The highest BCUT2D eigenvalue weighted by molar-refractivity contribution is 6.30. The number of alkyl halides is 3. The topological polar surface area (TPSA) is 12.9 Å². The number of hydrogen-bond acceptors (Lipinski definition) is 1. The second-order valence-electron chi connectivity index (χ2n) is 3.58. The fraction of sp³-hybridized carbons (Fsp3) is 0.0833. The van der Waals surface area contributed by atoms with E-state index in [0.29, 0.717) is 5.56 Å². The van der Waals surface area contributed by atoms with Crippen molar-refractivity contribution < 1.29 is 17.6 Å². The molecule has 0 fully saturated rings. The summed E-state index contributed by atoms with van der Waals surface area (Å²) in [6.07, 6.45) is -3.29. The molecule has 2 aromatic rings. The molecule has 1 aromatic carbocycles. The van der Waals surface area contributed by atoms with Crippen LogP contribution < -0.4 is 0 Å². The van der Waals surface area contributed by atoms with Crippen molar-refractivity contribution in [3.05, 3.63) is 53.1 Å². The lowest BCUT2D eigenvalue weighted by atomic mass is 10.0. The largest absolute Gasteiger partial charge is 0.416 e. The minimum absolute atomic E-state index is 0.232. The van der Waals surface area contributed by atoms with E-state index in [1.807, 2.05) is 0 Å². The van der Waals surface area contributed by atoms with E-state index in [4.69, 9.17) is 11.6 Å². The van der Waals surface area contributed by atoms with Crippen LogP contribution in [0.4, 0.5) is 17.6 Å². The van der Waals surface area contributed by atoms with Gasteiger partial charge in [-0.05, 0) is 23.8 Å². The van der Waals surface area contributed by atoms with Gasteiger partial charge in [0.2, 0.25) is 5.95 Å². The molecule has 0 amide bonds. The van der Waals surface area contributed by atoms with Crippen LogP contribution in [-0.4, -0.2) is 4.98 Å². The second kappa shape index (κ2) is 4.57. The number of aromatic nitrogens is 1. The van der Waals surface area contributed by atoms with Gasteiger partial charge < -0.3 is 0 Å². The molecule has 1 aromatic heterocycles. The Morgan fingerprint density at radius 3 is 2.39 bits per heavy atom. The van der Waals surface area contributed by atoms with Gasteiger partial charge in [-0.25, -0.2) is 4.98 Å². The van der Waals surface area contributed by atoms with E-state index in [0.717, 1.165) is 18.3 Å². The Hall–Kier alpha value is -1.62. The summed E-state index contributed by atoms with van der Waals surface area (Å²) in [7, 11) is 0. The number of halogens is 5. The van der Waals surface area contributed by atoms with E-state index in [1.165, 1.54) is 18.2 Å². The third-order valence-corrected chi connectivity index (χ3v) is 2.58. The van der Waals surface area contributed by atoms with E-state index in [2.05, 4.69) is 4.98 Å². The van der Waals surface area contributed by atoms with Crippen LogP contribution in [0.5, 0.6) is 0 Å². The van der Waals surface area contributed by atoms with Crippen LogP contribution in [0.25, 0.3) is 11.1 Å². The van der Waals surface area contributed by atoms with Crippen molar-refractivity contribution in [3.63, 3.8) is 0 Å². The zero-order chi connectivity index (χ0) is 13.3. The molecule has 1 nitrogen and oxygen atoms in total. The highest BCUT2D eigenvalue weighted by atomic mass is 35.5.